The van der Waals surface area contributed by atoms with Crippen LogP contribution in [0.25, 0.3) is 27.6 Å². The summed E-state index contributed by atoms with van der Waals surface area (Å²) in [6, 6.07) is 24.9. The number of aromatic nitrogens is 6. The molecule has 0 amide bonds. The highest BCUT2D eigenvalue weighted by molar-refractivity contribution is 5.92. The van der Waals surface area contributed by atoms with Crippen molar-refractivity contribution >= 4 is 33.5 Å². The van der Waals surface area contributed by atoms with Gasteiger partial charge in [0.2, 0.25) is 5.95 Å². The molecule has 6 aromatic rings. The van der Waals surface area contributed by atoms with E-state index in [1.807, 2.05) is 35.7 Å². The van der Waals surface area contributed by atoms with Crippen LogP contribution in [-0.2, 0) is 19.4 Å². The number of hydrogen-bond donors (Lipinski definition) is 1. The van der Waals surface area contributed by atoms with E-state index < -0.39 is 0 Å². The van der Waals surface area contributed by atoms with Gasteiger partial charge in [-0.2, -0.15) is 4.52 Å². The second-order valence-corrected chi connectivity index (χ2v) is 8.93. The third kappa shape index (κ3) is 4.10. The Hall–Kier alpha value is -4.26. The average Bonchev–Trinajstić information content (AvgIpc) is 3.43. The Balaban J connectivity index is 1.30. The van der Waals surface area contributed by atoms with Gasteiger partial charge in [0.1, 0.15) is 5.82 Å². The van der Waals surface area contributed by atoms with Crippen LogP contribution in [0.3, 0.4) is 0 Å². The van der Waals surface area contributed by atoms with Crippen molar-refractivity contribution < 1.29 is 0 Å². The highest BCUT2D eigenvalue weighted by atomic mass is 15.4. The van der Waals surface area contributed by atoms with Crippen LogP contribution in [0, 0.1) is 13.8 Å². The standard InChI is InChI=1S/C28H27N7/c1-19-8-7-9-21(18-19)14-16-29-28-31-23-11-4-3-10-22(23)27-32-26(33-35(27)28)15-17-34-20(2)30-24-12-5-6-13-25(24)34/h3-13,18H,14-17H2,1-2H3,(H,29,31). The van der Waals surface area contributed by atoms with Gasteiger partial charge < -0.3 is 9.88 Å². The van der Waals surface area contributed by atoms with Gasteiger partial charge in [0.05, 0.1) is 16.6 Å². The third-order valence-corrected chi connectivity index (χ3v) is 6.41. The molecule has 35 heavy (non-hydrogen) atoms. The number of nitrogens with zero attached hydrogens (tertiary/aromatic N) is 6. The van der Waals surface area contributed by atoms with E-state index in [1.165, 1.54) is 11.1 Å². The lowest BCUT2D eigenvalue weighted by atomic mass is 10.1. The second kappa shape index (κ2) is 8.83. The van der Waals surface area contributed by atoms with Gasteiger partial charge in [0, 0.05) is 24.9 Å². The van der Waals surface area contributed by atoms with Crippen molar-refractivity contribution in [1.82, 2.24) is 29.1 Å². The van der Waals surface area contributed by atoms with E-state index in [0.29, 0.717) is 6.42 Å². The molecule has 0 spiro atoms. The first-order chi connectivity index (χ1) is 17.2. The average molecular weight is 462 g/mol. The van der Waals surface area contributed by atoms with E-state index in [9.17, 15) is 0 Å². The summed E-state index contributed by atoms with van der Waals surface area (Å²) in [6.07, 6.45) is 1.62. The molecule has 0 bridgehead atoms. The fourth-order valence-corrected chi connectivity index (χ4v) is 4.70. The summed E-state index contributed by atoms with van der Waals surface area (Å²) >= 11 is 0. The number of hydrogen-bond acceptors (Lipinski definition) is 5. The van der Waals surface area contributed by atoms with Crippen LogP contribution >= 0.6 is 0 Å². The molecule has 0 fully saturated rings. The molecule has 0 atom stereocenters. The molecule has 1 N–H and O–H groups in total. The van der Waals surface area contributed by atoms with E-state index in [4.69, 9.17) is 15.1 Å². The van der Waals surface area contributed by atoms with Gasteiger partial charge in [-0.25, -0.2) is 15.0 Å². The number of para-hydroxylation sites is 3. The molecule has 0 aliphatic rings. The first-order valence-corrected chi connectivity index (χ1v) is 12.0. The molecule has 174 valence electrons. The highest BCUT2D eigenvalue weighted by Gasteiger charge is 2.14. The molecule has 0 aliphatic carbocycles. The maximum Gasteiger partial charge on any atom is 0.226 e. The van der Waals surface area contributed by atoms with Gasteiger partial charge in [0.15, 0.2) is 11.5 Å². The zero-order valence-corrected chi connectivity index (χ0v) is 19.9. The zero-order chi connectivity index (χ0) is 23.8. The van der Waals surface area contributed by atoms with Crippen molar-refractivity contribution in [2.24, 2.45) is 0 Å². The fraction of sp³-hybridized carbons (Fsp3) is 0.214. The SMILES string of the molecule is Cc1cccc(CCNc2nc3ccccc3c3nc(CCn4c(C)nc5ccccc54)nn23)c1. The quantitative estimate of drug-likeness (QED) is 0.356. The lowest BCUT2D eigenvalue weighted by Gasteiger charge is -2.09. The van der Waals surface area contributed by atoms with Crippen molar-refractivity contribution in [1.29, 1.82) is 0 Å². The molecule has 0 saturated heterocycles. The summed E-state index contributed by atoms with van der Waals surface area (Å²) in [4.78, 5) is 14.5. The van der Waals surface area contributed by atoms with E-state index in [-0.39, 0.29) is 0 Å². The lowest BCUT2D eigenvalue weighted by molar-refractivity contribution is 0.667. The lowest BCUT2D eigenvalue weighted by Crippen LogP contribution is -2.11. The molecule has 3 aromatic carbocycles. The molecule has 0 saturated carbocycles. The topological polar surface area (TPSA) is 72.9 Å². The largest absolute Gasteiger partial charge is 0.354 e. The Morgan fingerprint density at radius 1 is 0.800 bits per heavy atom. The predicted octanol–water partition coefficient (Wildman–Crippen LogP) is 5.14. The number of rotatable bonds is 7. The van der Waals surface area contributed by atoms with Gasteiger partial charge >= 0.3 is 0 Å². The van der Waals surface area contributed by atoms with Crippen LogP contribution in [0.2, 0.25) is 0 Å². The van der Waals surface area contributed by atoms with Gasteiger partial charge in [-0.3, -0.25) is 0 Å². The van der Waals surface area contributed by atoms with Crippen molar-refractivity contribution in [2.45, 2.75) is 33.2 Å². The molecule has 6 rings (SSSR count). The van der Waals surface area contributed by atoms with Gasteiger partial charge in [-0.05, 0) is 50.1 Å². The summed E-state index contributed by atoms with van der Waals surface area (Å²) in [7, 11) is 0. The predicted molar refractivity (Wildman–Crippen MR) is 140 cm³/mol. The molecule has 7 nitrogen and oxygen atoms in total. The Labute approximate surface area is 203 Å². The van der Waals surface area contributed by atoms with Crippen LogP contribution in [0.4, 0.5) is 5.95 Å². The summed E-state index contributed by atoms with van der Waals surface area (Å²) < 4.78 is 4.09. The van der Waals surface area contributed by atoms with Crippen molar-refractivity contribution in [3.63, 3.8) is 0 Å². The van der Waals surface area contributed by atoms with Crippen LogP contribution in [0.5, 0.6) is 0 Å². The molecule has 0 aliphatic heterocycles. The minimum absolute atomic E-state index is 0.708. The molecule has 7 heteroatoms. The summed E-state index contributed by atoms with van der Waals surface area (Å²) in [5.41, 5.74) is 6.47. The van der Waals surface area contributed by atoms with E-state index >= 15 is 0 Å². The minimum Gasteiger partial charge on any atom is -0.354 e. The number of fused-ring (bicyclic) bond motifs is 4. The van der Waals surface area contributed by atoms with Crippen molar-refractivity contribution in [3.05, 3.63) is 95.6 Å². The van der Waals surface area contributed by atoms with E-state index in [1.54, 1.807) is 0 Å². The number of nitrogens with one attached hydrogen (secondary N) is 1. The first-order valence-electron chi connectivity index (χ1n) is 12.0. The molecule has 0 unspecified atom stereocenters. The molecular formula is C28H27N7. The Morgan fingerprint density at radius 2 is 1.63 bits per heavy atom. The normalized spacial score (nSPS) is 11.6. The van der Waals surface area contributed by atoms with Gasteiger partial charge in [-0.1, -0.05) is 54.1 Å². The minimum atomic E-state index is 0.708. The van der Waals surface area contributed by atoms with E-state index in [2.05, 4.69) is 70.3 Å². The fourth-order valence-electron chi connectivity index (χ4n) is 4.70. The van der Waals surface area contributed by atoms with Crippen molar-refractivity contribution in [3.8, 4) is 0 Å². The summed E-state index contributed by atoms with van der Waals surface area (Å²) in [6.45, 7) is 5.70. The number of anilines is 1. The zero-order valence-electron chi connectivity index (χ0n) is 19.9. The summed E-state index contributed by atoms with van der Waals surface area (Å²) in [5, 5.41) is 9.36. The van der Waals surface area contributed by atoms with Crippen molar-refractivity contribution in [2.75, 3.05) is 11.9 Å². The monoisotopic (exact) mass is 461 g/mol. The Bertz CT molecular complexity index is 1660. The number of imidazole rings is 1. The number of aryl methyl sites for hydroxylation is 4. The maximum absolute atomic E-state index is 4.93. The van der Waals surface area contributed by atoms with Gasteiger partial charge in [0.25, 0.3) is 0 Å². The third-order valence-electron chi connectivity index (χ3n) is 6.41. The smallest absolute Gasteiger partial charge is 0.226 e. The summed E-state index contributed by atoms with van der Waals surface area (Å²) in [5.74, 6) is 2.51. The molecule has 0 radical (unpaired) electrons. The number of benzene rings is 3. The molecule has 3 aromatic heterocycles. The molecular weight excluding hydrogens is 434 g/mol. The van der Waals surface area contributed by atoms with Crippen LogP contribution in [0.1, 0.15) is 22.8 Å². The Morgan fingerprint density at radius 3 is 2.51 bits per heavy atom. The second-order valence-electron chi connectivity index (χ2n) is 8.93. The maximum atomic E-state index is 4.93. The first kappa shape index (κ1) is 21.3. The molecule has 3 heterocycles. The van der Waals surface area contributed by atoms with Crippen LogP contribution < -0.4 is 5.32 Å². The Kier molecular flexibility index (Phi) is 5.37. The van der Waals surface area contributed by atoms with Crippen LogP contribution in [0.15, 0.2) is 72.8 Å². The highest BCUT2D eigenvalue weighted by Crippen LogP contribution is 2.22. The van der Waals surface area contributed by atoms with E-state index in [0.717, 1.165) is 64.7 Å². The van der Waals surface area contributed by atoms with Gasteiger partial charge in [-0.15, -0.1) is 5.10 Å². The van der Waals surface area contributed by atoms with Crippen LogP contribution in [-0.4, -0.2) is 35.7 Å².